The second kappa shape index (κ2) is 9.80. The monoisotopic (exact) mass is 376 g/mol. The summed E-state index contributed by atoms with van der Waals surface area (Å²) < 4.78 is 6.16. The standard InChI is InChI=1S/C16H26BrClN2O/c1-12(2)11-20(8-9-21-3)7-6-16(19)14-5-4-13(17)10-15(14)18/h4-5,10,12,16H,6-9,11,19H2,1-3H3. The van der Waals surface area contributed by atoms with E-state index in [1.807, 2.05) is 18.2 Å². The Balaban J connectivity index is 2.57. The molecule has 0 bridgehead atoms. The van der Waals surface area contributed by atoms with Crippen LogP contribution >= 0.6 is 27.5 Å². The number of benzene rings is 1. The third-order valence-electron chi connectivity index (χ3n) is 3.35. The Kier molecular flexibility index (Phi) is 8.83. The quantitative estimate of drug-likeness (QED) is 0.704. The van der Waals surface area contributed by atoms with Gasteiger partial charge in [0, 0.05) is 42.3 Å². The van der Waals surface area contributed by atoms with Crippen molar-refractivity contribution in [1.82, 2.24) is 4.90 Å². The average Bonchev–Trinajstić information content (AvgIpc) is 2.41. The summed E-state index contributed by atoms with van der Waals surface area (Å²) in [4.78, 5) is 2.40. The second-order valence-corrected chi connectivity index (χ2v) is 7.07. The molecule has 0 fully saturated rings. The summed E-state index contributed by atoms with van der Waals surface area (Å²) in [5.41, 5.74) is 7.31. The van der Waals surface area contributed by atoms with Crippen molar-refractivity contribution in [1.29, 1.82) is 0 Å². The average molecular weight is 378 g/mol. The molecule has 1 atom stereocenters. The number of ether oxygens (including phenoxy) is 1. The summed E-state index contributed by atoms with van der Waals surface area (Å²) >= 11 is 9.68. The zero-order valence-corrected chi connectivity index (χ0v) is 15.5. The van der Waals surface area contributed by atoms with Crippen LogP contribution < -0.4 is 5.73 Å². The summed E-state index contributed by atoms with van der Waals surface area (Å²) in [6.07, 6.45) is 0.887. The molecular formula is C16H26BrClN2O. The zero-order chi connectivity index (χ0) is 15.8. The van der Waals surface area contributed by atoms with Gasteiger partial charge in [0.05, 0.1) is 6.61 Å². The summed E-state index contributed by atoms with van der Waals surface area (Å²) in [5.74, 6) is 0.634. The van der Waals surface area contributed by atoms with E-state index in [0.717, 1.165) is 47.7 Å². The van der Waals surface area contributed by atoms with Crippen LogP contribution in [0.15, 0.2) is 22.7 Å². The molecule has 2 N–H and O–H groups in total. The largest absolute Gasteiger partial charge is 0.383 e. The molecule has 0 saturated heterocycles. The van der Waals surface area contributed by atoms with Gasteiger partial charge in [-0.2, -0.15) is 0 Å². The minimum atomic E-state index is -0.0391. The maximum Gasteiger partial charge on any atom is 0.0589 e. The summed E-state index contributed by atoms with van der Waals surface area (Å²) in [7, 11) is 1.74. The number of hydrogen-bond donors (Lipinski definition) is 1. The van der Waals surface area contributed by atoms with Crippen molar-refractivity contribution in [2.75, 3.05) is 33.4 Å². The normalized spacial score (nSPS) is 13.1. The minimum Gasteiger partial charge on any atom is -0.383 e. The maximum absolute atomic E-state index is 6.30. The Morgan fingerprint density at radius 3 is 2.62 bits per heavy atom. The van der Waals surface area contributed by atoms with Gasteiger partial charge >= 0.3 is 0 Å². The third kappa shape index (κ3) is 7.11. The van der Waals surface area contributed by atoms with E-state index in [9.17, 15) is 0 Å². The van der Waals surface area contributed by atoms with Crippen LogP contribution in [-0.2, 0) is 4.74 Å². The van der Waals surface area contributed by atoms with Gasteiger partial charge in [0.1, 0.15) is 0 Å². The Morgan fingerprint density at radius 2 is 2.05 bits per heavy atom. The van der Waals surface area contributed by atoms with Gasteiger partial charge in [-0.25, -0.2) is 0 Å². The Bertz CT molecular complexity index is 429. The first-order valence-corrected chi connectivity index (χ1v) is 8.53. The second-order valence-electron chi connectivity index (χ2n) is 5.75. The highest BCUT2D eigenvalue weighted by molar-refractivity contribution is 9.10. The predicted molar refractivity (Wildman–Crippen MR) is 93.9 cm³/mol. The first kappa shape index (κ1) is 18.9. The van der Waals surface area contributed by atoms with Gasteiger partial charge in [0.15, 0.2) is 0 Å². The van der Waals surface area contributed by atoms with Crippen LogP contribution in [0.3, 0.4) is 0 Å². The van der Waals surface area contributed by atoms with E-state index in [1.54, 1.807) is 7.11 Å². The third-order valence-corrected chi connectivity index (χ3v) is 4.17. The van der Waals surface area contributed by atoms with Crippen molar-refractivity contribution >= 4 is 27.5 Å². The molecule has 5 heteroatoms. The number of nitrogens with zero attached hydrogens (tertiary/aromatic N) is 1. The highest BCUT2D eigenvalue weighted by Gasteiger charge is 2.13. The van der Waals surface area contributed by atoms with Crippen LogP contribution in [0.5, 0.6) is 0 Å². The molecule has 0 aliphatic carbocycles. The van der Waals surface area contributed by atoms with E-state index in [0.29, 0.717) is 5.92 Å². The molecular weight excluding hydrogens is 352 g/mol. The van der Waals surface area contributed by atoms with Gasteiger partial charge in [0.25, 0.3) is 0 Å². The van der Waals surface area contributed by atoms with E-state index >= 15 is 0 Å². The molecule has 1 unspecified atom stereocenters. The van der Waals surface area contributed by atoms with Gasteiger partial charge in [-0.1, -0.05) is 47.4 Å². The zero-order valence-electron chi connectivity index (χ0n) is 13.1. The summed E-state index contributed by atoms with van der Waals surface area (Å²) in [6.45, 7) is 8.16. The molecule has 120 valence electrons. The lowest BCUT2D eigenvalue weighted by Gasteiger charge is -2.25. The summed E-state index contributed by atoms with van der Waals surface area (Å²) in [5, 5.41) is 0.726. The van der Waals surface area contributed by atoms with Crippen molar-refractivity contribution in [3.8, 4) is 0 Å². The molecule has 0 aliphatic rings. The van der Waals surface area contributed by atoms with Crippen molar-refractivity contribution in [2.45, 2.75) is 26.3 Å². The Hall–Kier alpha value is -0.130. The molecule has 1 aromatic carbocycles. The fourth-order valence-electron chi connectivity index (χ4n) is 2.31. The molecule has 0 aromatic heterocycles. The number of nitrogens with two attached hydrogens (primary N) is 1. The summed E-state index contributed by atoms with van der Waals surface area (Å²) in [6, 6.07) is 5.84. The van der Waals surface area contributed by atoms with Crippen LogP contribution in [0.2, 0.25) is 5.02 Å². The van der Waals surface area contributed by atoms with Gasteiger partial charge in [-0.3, -0.25) is 0 Å². The molecule has 21 heavy (non-hydrogen) atoms. The Morgan fingerprint density at radius 1 is 1.33 bits per heavy atom. The molecule has 0 saturated carbocycles. The van der Waals surface area contributed by atoms with Crippen molar-refractivity contribution in [3.05, 3.63) is 33.3 Å². The van der Waals surface area contributed by atoms with Gasteiger partial charge in [-0.15, -0.1) is 0 Å². The van der Waals surface area contributed by atoms with Crippen LogP contribution in [0.25, 0.3) is 0 Å². The number of rotatable bonds is 9. The maximum atomic E-state index is 6.30. The lowest BCUT2D eigenvalue weighted by Crippen LogP contribution is -2.33. The fraction of sp³-hybridized carbons (Fsp3) is 0.625. The van der Waals surface area contributed by atoms with E-state index in [1.165, 1.54) is 0 Å². The van der Waals surface area contributed by atoms with Crippen LogP contribution in [-0.4, -0.2) is 38.3 Å². The van der Waals surface area contributed by atoms with Crippen LogP contribution in [0.4, 0.5) is 0 Å². The molecule has 0 amide bonds. The molecule has 1 aromatic rings. The molecule has 0 aliphatic heterocycles. The lowest BCUT2D eigenvalue weighted by atomic mass is 10.0. The van der Waals surface area contributed by atoms with Crippen molar-refractivity contribution in [3.63, 3.8) is 0 Å². The molecule has 0 spiro atoms. The SMILES string of the molecule is COCCN(CCC(N)c1ccc(Br)cc1Cl)CC(C)C. The van der Waals surface area contributed by atoms with Gasteiger partial charge in [0.2, 0.25) is 0 Å². The van der Waals surface area contributed by atoms with Crippen molar-refractivity contribution < 1.29 is 4.74 Å². The first-order valence-electron chi connectivity index (χ1n) is 7.35. The predicted octanol–water partition coefficient (Wildman–Crippen LogP) is 4.10. The van der Waals surface area contributed by atoms with Gasteiger partial charge in [-0.05, 0) is 30.0 Å². The molecule has 1 rings (SSSR count). The van der Waals surface area contributed by atoms with E-state index in [4.69, 9.17) is 22.1 Å². The van der Waals surface area contributed by atoms with Crippen molar-refractivity contribution in [2.24, 2.45) is 11.7 Å². The number of hydrogen-bond acceptors (Lipinski definition) is 3. The highest BCUT2D eigenvalue weighted by Crippen LogP contribution is 2.27. The first-order chi connectivity index (χ1) is 9.93. The molecule has 3 nitrogen and oxygen atoms in total. The topological polar surface area (TPSA) is 38.5 Å². The van der Waals surface area contributed by atoms with Crippen LogP contribution in [0, 0.1) is 5.92 Å². The lowest BCUT2D eigenvalue weighted by molar-refractivity contribution is 0.138. The Labute approximate surface area is 141 Å². The number of methoxy groups -OCH3 is 1. The van der Waals surface area contributed by atoms with E-state index < -0.39 is 0 Å². The van der Waals surface area contributed by atoms with E-state index in [2.05, 4.69) is 34.7 Å². The fourth-order valence-corrected chi connectivity index (χ4v) is 3.12. The molecule has 0 radical (unpaired) electrons. The number of halogens is 2. The van der Waals surface area contributed by atoms with Crippen LogP contribution in [0.1, 0.15) is 31.9 Å². The van der Waals surface area contributed by atoms with Gasteiger partial charge < -0.3 is 15.4 Å². The molecule has 0 heterocycles. The smallest absolute Gasteiger partial charge is 0.0589 e. The van der Waals surface area contributed by atoms with E-state index in [-0.39, 0.29) is 6.04 Å². The highest BCUT2D eigenvalue weighted by atomic mass is 79.9. The minimum absolute atomic E-state index is 0.0391.